The Morgan fingerprint density at radius 2 is 2.00 bits per heavy atom. The molecule has 0 unspecified atom stereocenters. The lowest BCUT2D eigenvalue weighted by Gasteiger charge is -2.07. The van der Waals surface area contributed by atoms with Crippen molar-refractivity contribution in [2.45, 2.75) is 6.54 Å². The van der Waals surface area contributed by atoms with E-state index in [1.54, 1.807) is 17.6 Å². The zero-order valence-corrected chi connectivity index (χ0v) is 11.0. The van der Waals surface area contributed by atoms with Crippen LogP contribution < -0.4 is 10.8 Å². The van der Waals surface area contributed by atoms with Crippen molar-refractivity contribution in [2.24, 2.45) is 0 Å². The molecule has 0 spiro atoms. The van der Waals surface area contributed by atoms with Crippen molar-refractivity contribution in [2.75, 3.05) is 5.32 Å². The molecule has 21 heavy (non-hydrogen) atoms. The van der Waals surface area contributed by atoms with Crippen LogP contribution in [0.15, 0.2) is 42.9 Å². The Morgan fingerprint density at radius 1 is 1.19 bits per heavy atom. The first-order valence-electron chi connectivity index (χ1n) is 6.33. The van der Waals surface area contributed by atoms with Gasteiger partial charge < -0.3 is 10.3 Å². The van der Waals surface area contributed by atoms with Crippen molar-refractivity contribution < 1.29 is 10.0 Å². The third kappa shape index (κ3) is 2.67. The van der Waals surface area contributed by atoms with Gasteiger partial charge in [0.25, 0.3) is 5.91 Å². The van der Waals surface area contributed by atoms with Crippen LogP contribution in [-0.2, 0) is 6.54 Å². The molecule has 0 radical (unpaired) electrons. The van der Waals surface area contributed by atoms with E-state index in [4.69, 9.17) is 5.21 Å². The van der Waals surface area contributed by atoms with Gasteiger partial charge in [-0.2, -0.15) is 0 Å². The number of carbonyl (C=O) groups excluding carboxylic acids is 1. The topological polar surface area (TPSA) is 103 Å². The summed E-state index contributed by atoms with van der Waals surface area (Å²) in [5.74, 6) is 0.220. The second-order valence-corrected chi connectivity index (χ2v) is 4.45. The molecule has 0 saturated carbocycles. The summed E-state index contributed by atoms with van der Waals surface area (Å²) in [6.45, 7) is 0.568. The number of aromatic amines is 1. The molecule has 0 aliphatic carbocycles. The molecule has 3 aromatic rings. The maximum absolute atomic E-state index is 11.2. The number of carbonyl (C=O) groups is 1. The number of aromatic nitrogens is 3. The number of fused-ring (bicyclic) bond motifs is 1. The van der Waals surface area contributed by atoms with Crippen LogP contribution in [0.3, 0.4) is 0 Å². The molecule has 0 fully saturated rings. The van der Waals surface area contributed by atoms with Gasteiger partial charge >= 0.3 is 0 Å². The first kappa shape index (κ1) is 13.1. The van der Waals surface area contributed by atoms with Crippen LogP contribution in [0.2, 0.25) is 0 Å². The third-order valence-corrected chi connectivity index (χ3v) is 3.13. The molecule has 2 aromatic heterocycles. The minimum atomic E-state index is -0.528. The summed E-state index contributed by atoms with van der Waals surface area (Å²) in [5.41, 5.74) is 3.77. The van der Waals surface area contributed by atoms with E-state index in [9.17, 15) is 4.79 Å². The molecular formula is C14H13N5O2. The fourth-order valence-corrected chi connectivity index (χ4v) is 2.04. The van der Waals surface area contributed by atoms with Gasteiger partial charge in [0.05, 0.1) is 5.39 Å². The number of hydrogen-bond acceptors (Lipinski definition) is 5. The Kier molecular flexibility index (Phi) is 3.48. The van der Waals surface area contributed by atoms with Gasteiger partial charge in [-0.3, -0.25) is 10.0 Å². The molecule has 0 aliphatic heterocycles. The standard InChI is InChI=1S/C14H13N5O2/c20-14(19-21)10-3-1-9(2-4-10)7-16-13-11-5-6-15-12(11)17-8-18-13/h1-6,8,21H,7H2,(H,19,20)(H2,15,16,17,18). The molecule has 0 aliphatic rings. The number of hydroxylamine groups is 1. The molecule has 3 rings (SSSR count). The highest BCUT2D eigenvalue weighted by Crippen LogP contribution is 2.18. The number of H-pyrrole nitrogens is 1. The number of benzene rings is 1. The molecule has 7 nitrogen and oxygen atoms in total. The molecule has 1 amide bonds. The zero-order valence-electron chi connectivity index (χ0n) is 11.0. The van der Waals surface area contributed by atoms with Crippen LogP contribution in [0.4, 0.5) is 5.82 Å². The average Bonchev–Trinajstić information content (AvgIpc) is 3.02. The van der Waals surface area contributed by atoms with Crippen molar-refractivity contribution in [3.8, 4) is 0 Å². The predicted molar refractivity (Wildman–Crippen MR) is 76.9 cm³/mol. The maximum atomic E-state index is 11.2. The minimum Gasteiger partial charge on any atom is -0.365 e. The van der Waals surface area contributed by atoms with Crippen molar-refractivity contribution in [3.05, 3.63) is 54.0 Å². The predicted octanol–water partition coefficient (Wildman–Crippen LogP) is 1.69. The molecule has 1 aromatic carbocycles. The Bertz CT molecular complexity index is 766. The fraction of sp³-hybridized carbons (Fsp3) is 0.0714. The number of amides is 1. The normalized spacial score (nSPS) is 10.5. The zero-order chi connectivity index (χ0) is 14.7. The summed E-state index contributed by atoms with van der Waals surface area (Å²) in [7, 11) is 0. The van der Waals surface area contributed by atoms with Gasteiger partial charge in [0.15, 0.2) is 0 Å². The van der Waals surface area contributed by atoms with Gasteiger partial charge in [-0.1, -0.05) is 12.1 Å². The summed E-state index contributed by atoms with van der Waals surface area (Å²) in [6, 6.07) is 8.83. The lowest BCUT2D eigenvalue weighted by molar-refractivity contribution is 0.0706. The van der Waals surface area contributed by atoms with Gasteiger partial charge in [0, 0.05) is 18.3 Å². The van der Waals surface area contributed by atoms with E-state index in [1.807, 2.05) is 24.4 Å². The van der Waals surface area contributed by atoms with Crippen LogP contribution in [0, 0.1) is 0 Å². The van der Waals surface area contributed by atoms with Crippen molar-refractivity contribution in [1.82, 2.24) is 20.4 Å². The fourth-order valence-electron chi connectivity index (χ4n) is 2.04. The Hall–Kier alpha value is -2.93. The molecule has 7 heteroatoms. The smallest absolute Gasteiger partial charge is 0.274 e. The second-order valence-electron chi connectivity index (χ2n) is 4.45. The number of hydrogen-bond donors (Lipinski definition) is 4. The average molecular weight is 283 g/mol. The highest BCUT2D eigenvalue weighted by Gasteiger charge is 2.05. The Labute approximate surface area is 120 Å². The van der Waals surface area contributed by atoms with Gasteiger partial charge in [-0.25, -0.2) is 15.4 Å². The third-order valence-electron chi connectivity index (χ3n) is 3.13. The summed E-state index contributed by atoms with van der Waals surface area (Å²) in [4.78, 5) is 22.6. The highest BCUT2D eigenvalue weighted by atomic mass is 16.5. The van der Waals surface area contributed by atoms with Crippen LogP contribution in [0.1, 0.15) is 15.9 Å². The van der Waals surface area contributed by atoms with Crippen LogP contribution in [0.25, 0.3) is 11.0 Å². The van der Waals surface area contributed by atoms with E-state index in [-0.39, 0.29) is 0 Å². The lowest BCUT2D eigenvalue weighted by atomic mass is 10.1. The van der Waals surface area contributed by atoms with E-state index in [0.717, 1.165) is 22.4 Å². The van der Waals surface area contributed by atoms with Gasteiger partial charge in [-0.05, 0) is 23.8 Å². The number of nitrogens with one attached hydrogen (secondary N) is 3. The van der Waals surface area contributed by atoms with Gasteiger partial charge in [-0.15, -0.1) is 0 Å². The molecule has 0 bridgehead atoms. The Balaban J connectivity index is 1.73. The van der Waals surface area contributed by atoms with E-state index in [2.05, 4.69) is 20.3 Å². The van der Waals surface area contributed by atoms with Crippen molar-refractivity contribution >= 4 is 22.8 Å². The largest absolute Gasteiger partial charge is 0.365 e. The van der Waals surface area contributed by atoms with E-state index < -0.39 is 5.91 Å². The Morgan fingerprint density at radius 3 is 2.76 bits per heavy atom. The maximum Gasteiger partial charge on any atom is 0.274 e. The number of rotatable bonds is 4. The van der Waals surface area contributed by atoms with E-state index in [1.165, 1.54) is 6.33 Å². The van der Waals surface area contributed by atoms with E-state index >= 15 is 0 Å². The monoisotopic (exact) mass is 283 g/mol. The molecule has 106 valence electrons. The number of anilines is 1. The van der Waals surface area contributed by atoms with Crippen LogP contribution in [0.5, 0.6) is 0 Å². The lowest BCUT2D eigenvalue weighted by Crippen LogP contribution is -2.18. The summed E-state index contributed by atoms with van der Waals surface area (Å²) in [6.07, 6.45) is 3.31. The second kappa shape index (κ2) is 5.59. The molecule has 0 atom stereocenters. The van der Waals surface area contributed by atoms with Gasteiger partial charge in [0.1, 0.15) is 17.8 Å². The van der Waals surface area contributed by atoms with Crippen LogP contribution in [-0.4, -0.2) is 26.1 Å². The van der Waals surface area contributed by atoms with Crippen molar-refractivity contribution in [1.29, 1.82) is 0 Å². The quantitative estimate of drug-likeness (QED) is 0.431. The molecular weight excluding hydrogens is 270 g/mol. The van der Waals surface area contributed by atoms with Crippen LogP contribution >= 0.6 is 0 Å². The first-order valence-corrected chi connectivity index (χ1v) is 6.33. The molecule has 2 heterocycles. The summed E-state index contributed by atoms with van der Waals surface area (Å²) < 4.78 is 0. The summed E-state index contributed by atoms with van der Waals surface area (Å²) >= 11 is 0. The molecule has 0 saturated heterocycles. The van der Waals surface area contributed by atoms with Crippen molar-refractivity contribution in [3.63, 3.8) is 0 Å². The molecule has 4 N–H and O–H groups in total. The minimum absolute atomic E-state index is 0.399. The van der Waals surface area contributed by atoms with Gasteiger partial charge in [0.2, 0.25) is 0 Å². The highest BCUT2D eigenvalue weighted by molar-refractivity contribution is 5.93. The van der Waals surface area contributed by atoms with E-state index in [0.29, 0.717) is 12.1 Å². The summed E-state index contributed by atoms with van der Waals surface area (Å²) in [5, 5.41) is 12.7. The first-order chi connectivity index (χ1) is 10.3. The number of nitrogens with zero attached hydrogens (tertiary/aromatic N) is 2. The SMILES string of the molecule is O=C(NO)c1ccc(CNc2ncnc3[nH]ccc23)cc1.